The van der Waals surface area contributed by atoms with Crippen LogP contribution in [0.15, 0.2) is 42.5 Å². The number of halogens is 1. The number of aliphatic carboxylic acids is 1. The maximum atomic E-state index is 10.9. The lowest BCUT2D eigenvalue weighted by molar-refractivity contribution is -0.138. The number of hydrogen-bond donors (Lipinski definition) is 2. The number of benzene rings is 2. The Labute approximate surface area is 129 Å². The highest BCUT2D eigenvalue weighted by Gasteiger charge is 2.13. The molecular formula is C17H18ClNO2. The molecule has 0 aromatic heterocycles. The summed E-state index contributed by atoms with van der Waals surface area (Å²) in [6.07, 6.45) is 0. The second-order valence-corrected chi connectivity index (χ2v) is 5.49. The Morgan fingerprint density at radius 1 is 1.24 bits per heavy atom. The van der Waals surface area contributed by atoms with Crippen molar-refractivity contribution in [2.75, 3.05) is 5.32 Å². The molecule has 0 aliphatic rings. The van der Waals surface area contributed by atoms with Crippen molar-refractivity contribution in [2.45, 2.75) is 26.3 Å². The third-order valence-electron chi connectivity index (χ3n) is 3.54. The number of carbonyl (C=O) groups is 1. The van der Waals surface area contributed by atoms with Gasteiger partial charge >= 0.3 is 5.97 Å². The van der Waals surface area contributed by atoms with Gasteiger partial charge in [-0.05, 0) is 36.6 Å². The number of para-hydroxylation sites is 1. The van der Waals surface area contributed by atoms with E-state index in [9.17, 15) is 4.79 Å². The minimum absolute atomic E-state index is 0.488. The van der Waals surface area contributed by atoms with Gasteiger partial charge in [-0.2, -0.15) is 0 Å². The van der Waals surface area contributed by atoms with Crippen LogP contribution in [0.5, 0.6) is 0 Å². The van der Waals surface area contributed by atoms with Gasteiger partial charge in [-0.3, -0.25) is 4.79 Å². The molecule has 21 heavy (non-hydrogen) atoms. The van der Waals surface area contributed by atoms with Crippen molar-refractivity contribution in [1.82, 2.24) is 0 Å². The Morgan fingerprint density at radius 3 is 2.48 bits per heavy atom. The smallest absolute Gasteiger partial charge is 0.310 e. The van der Waals surface area contributed by atoms with Gasteiger partial charge in [0.25, 0.3) is 0 Å². The Balaban J connectivity index is 2.06. The molecule has 0 bridgehead atoms. The van der Waals surface area contributed by atoms with Gasteiger partial charge in [0.05, 0.1) is 16.6 Å². The summed E-state index contributed by atoms with van der Waals surface area (Å²) in [6, 6.07) is 13.4. The van der Waals surface area contributed by atoms with E-state index in [0.29, 0.717) is 11.6 Å². The van der Waals surface area contributed by atoms with Crippen molar-refractivity contribution >= 4 is 23.3 Å². The summed E-state index contributed by atoms with van der Waals surface area (Å²) in [4.78, 5) is 10.9. The third-order valence-corrected chi connectivity index (χ3v) is 3.86. The van der Waals surface area contributed by atoms with Crippen LogP contribution in [-0.2, 0) is 11.3 Å². The molecule has 0 heterocycles. The van der Waals surface area contributed by atoms with Gasteiger partial charge in [0.1, 0.15) is 0 Å². The lowest BCUT2D eigenvalue weighted by Gasteiger charge is -2.12. The lowest BCUT2D eigenvalue weighted by atomic mass is 10.00. The summed E-state index contributed by atoms with van der Waals surface area (Å²) in [5, 5.41) is 13.0. The topological polar surface area (TPSA) is 49.3 Å². The van der Waals surface area contributed by atoms with E-state index in [4.69, 9.17) is 16.7 Å². The zero-order chi connectivity index (χ0) is 15.4. The first-order valence-electron chi connectivity index (χ1n) is 6.79. The molecule has 0 fully saturated rings. The predicted molar refractivity (Wildman–Crippen MR) is 86.0 cm³/mol. The normalized spacial score (nSPS) is 12.0. The first-order chi connectivity index (χ1) is 9.99. The van der Waals surface area contributed by atoms with Crippen LogP contribution >= 0.6 is 11.6 Å². The van der Waals surface area contributed by atoms with E-state index >= 15 is 0 Å². The van der Waals surface area contributed by atoms with Crippen molar-refractivity contribution < 1.29 is 9.90 Å². The van der Waals surface area contributed by atoms with E-state index in [2.05, 4.69) is 5.32 Å². The lowest BCUT2D eigenvalue weighted by Crippen LogP contribution is -2.07. The van der Waals surface area contributed by atoms with Crippen molar-refractivity contribution in [1.29, 1.82) is 0 Å². The number of nitrogens with one attached hydrogen (secondary N) is 1. The molecule has 2 aromatic carbocycles. The fraction of sp³-hybridized carbons (Fsp3) is 0.235. The van der Waals surface area contributed by atoms with E-state index < -0.39 is 11.9 Å². The summed E-state index contributed by atoms with van der Waals surface area (Å²) in [5.74, 6) is -1.30. The first kappa shape index (κ1) is 15.4. The zero-order valence-electron chi connectivity index (χ0n) is 12.1. The van der Waals surface area contributed by atoms with Crippen LogP contribution in [0.3, 0.4) is 0 Å². The van der Waals surface area contributed by atoms with E-state index in [-0.39, 0.29) is 0 Å². The van der Waals surface area contributed by atoms with Crippen LogP contribution in [0, 0.1) is 6.92 Å². The Bertz CT molecular complexity index is 617. The molecule has 0 radical (unpaired) electrons. The minimum Gasteiger partial charge on any atom is -0.481 e. The SMILES string of the molecule is Cc1cccc(Cl)c1NCc1ccc(C(C)C(=O)O)cc1. The summed E-state index contributed by atoms with van der Waals surface area (Å²) in [7, 11) is 0. The third kappa shape index (κ3) is 3.76. The van der Waals surface area contributed by atoms with Gasteiger partial charge in [0.2, 0.25) is 0 Å². The molecule has 4 heteroatoms. The average molecular weight is 304 g/mol. The monoisotopic (exact) mass is 303 g/mol. The van der Waals surface area contributed by atoms with Gasteiger partial charge in [-0.1, -0.05) is 48.0 Å². The molecule has 0 saturated carbocycles. The molecule has 1 unspecified atom stereocenters. The fourth-order valence-corrected chi connectivity index (χ4v) is 2.40. The summed E-state index contributed by atoms with van der Waals surface area (Å²) < 4.78 is 0. The van der Waals surface area contributed by atoms with Crippen LogP contribution in [0.1, 0.15) is 29.5 Å². The van der Waals surface area contributed by atoms with Crippen molar-refractivity contribution in [3.8, 4) is 0 Å². The predicted octanol–water partition coefficient (Wildman–Crippen LogP) is 4.45. The number of hydrogen-bond acceptors (Lipinski definition) is 2. The largest absolute Gasteiger partial charge is 0.481 e. The Morgan fingerprint density at radius 2 is 1.90 bits per heavy atom. The highest BCUT2D eigenvalue weighted by molar-refractivity contribution is 6.33. The molecule has 110 valence electrons. The second-order valence-electron chi connectivity index (χ2n) is 5.09. The standard InChI is InChI=1S/C17H18ClNO2/c1-11-4-3-5-15(18)16(11)19-10-13-6-8-14(9-7-13)12(2)17(20)21/h3-9,12,19H,10H2,1-2H3,(H,20,21). The highest BCUT2D eigenvalue weighted by atomic mass is 35.5. The highest BCUT2D eigenvalue weighted by Crippen LogP contribution is 2.26. The number of rotatable bonds is 5. The van der Waals surface area contributed by atoms with Crippen LogP contribution in [-0.4, -0.2) is 11.1 Å². The molecule has 0 amide bonds. The Kier molecular flexibility index (Phi) is 4.86. The number of anilines is 1. The van der Waals surface area contributed by atoms with Gasteiger partial charge in [-0.15, -0.1) is 0 Å². The van der Waals surface area contributed by atoms with Crippen LogP contribution in [0.25, 0.3) is 0 Å². The molecule has 0 saturated heterocycles. The van der Waals surface area contributed by atoms with Crippen LogP contribution in [0.4, 0.5) is 5.69 Å². The van der Waals surface area contributed by atoms with Gasteiger partial charge in [0.15, 0.2) is 0 Å². The maximum absolute atomic E-state index is 10.9. The number of carboxylic acid groups (broad SMARTS) is 1. The molecule has 0 aliphatic heterocycles. The van der Waals surface area contributed by atoms with E-state index in [0.717, 1.165) is 22.4 Å². The first-order valence-corrected chi connectivity index (χ1v) is 7.17. The molecule has 0 spiro atoms. The summed E-state index contributed by atoms with van der Waals surface area (Å²) in [6.45, 7) is 4.33. The fourth-order valence-electron chi connectivity index (χ4n) is 2.11. The van der Waals surface area contributed by atoms with Crippen molar-refractivity contribution in [2.24, 2.45) is 0 Å². The van der Waals surface area contributed by atoms with Gasteiger partial charge < -0.3 is 10.4 Å². The van der Waals surface area contributed by atoms with Crippen molar-refractivity contribution in [3.05, 3.63) is 64.2 Å². The number of carboxylic acids is 1. The molecule has 1 atom stereocenters. The summed E-state index contributed by atoms with van der Waals surface area (Å²) >= 11 is 6.17. The number of aryl methyl sites for hydroxylation is 1. The average Bonchev–Trinajstić information content (AvgIpc) is 2.46. The Hall–Kier alpha value is -2.00. The molecule has 2 aromatic rings. The van der Waals surface area contributed by atoms with Crippen LogP contribution < -0.4 is 5.32 Å². The molecule has 0 aliphatic carbocycles. The quantitative estimate of drug-likeness (QED) is 0.858. The van der Waals surface area contributed by atoms with E-state index in [1.807, 2.05) is 49.4 Å². The maximum Gasteiger partial charge on any atom is 0.310 e. The molecule has 2 N–H and O–H groups in total. The minimum atomic E-state index is -0.812. The molecular weight excluding hydrogens is 286 g/mol. The van der Waals surface area contributed by atoms with Gasteiger partial charge in [-0.25, -0.2) is 0 Å². The molecule has 3 nitrogen and oxygen atoms in total. The van der Waals surface area contributed by atoms with E-state index in [1.165, 1.54) is 0 Å². The van der Waals surface area contributed by atoms with Gasteiger partial charge in [0, 0.05) is 6.54 Å². The summed E-state index contributed by atoms with van der Waals surface area (Å²) in [5.41, 5.74) is 3.91. The molecule has 2 rings (SSSR count). The second kappa shape index (κ2) is 6.64. The van der Waals surface area contributed by atoms with E-state index in [1.54, 1.807) is 6.92 Å². The van der Waals surface area contributed by atoms with Crippen LogP contribution in [0.2, 0.25) is 5.02 Å². The zero-order valence-corrected chi connectivity index (χ0v) is 12.8. The van der Waals surface area contributed by atoms with Crippen molar-refractivity contribution in [3.63, 3.8) is 0 Å².